The molecule has 19 heavy (non-hydrogen) atoms. The first kappa shape index (κ1) is 14.5. The number of likely N-dealkylation sites (tertiary alicyclic amines) is 1. The van der Waals surface area contributed by atoms with E-state index in [1.807, 2.05) is 0 Å². The zero-order valence-electron chi connectivity index (χ0n) is 12.2. The summed E-state index contributed by atoms with van der Waals surface area (Å²) in [6, 6.07) is 12.0. The van der Waals surface area contributed by atoms with E-state index in [4.69, 9.17) is 5.73 Å². The summed E-state index contributed by atoms with van der Waals surface area (Å²) in [5, 5.41) is 0. The van der Waals surface area contributed by atoms with Crippen LogP contribution in [0.3, 0.4) is 0 Å². The van der Waals surface area contributed by atoms with Crippen molar-refractivity contribution in [3.8, 4) is 0 Å². The molecule has 106 valence electrons. The molecule has 0 saturated carbocycles. The van der Waals surface area contributed by atoms with Crippen molar-refractivity contribution in [2.75, 3.05) is 13.1 Å². The first-order valence-corrected chi connectivity index (χ1v) is 7.81. The molecule has 0 spiro atoms. The normalized spacial score (nSPS) is 22.9. The zero-order chi connectivity index (χ0) is 13.5. The second kappa shape index (κ2) is 7.66. The lowest BCUT2D eigenvalue weighted by Gasteiger charge is -2.34. The minimum atomic E-state index is 0.549. The summed E-state index contributed by atoms with van der Waals surface area (Å²) >= 11 is 0. The summed E-state index contributed by atoms with van der Waals surface area (Å²) in [6.45, 7) is 4.39. The first-order chi connectivity index (χ1) is 9.31. The van der Waals surface area contributed by atoms with Gasteiger partial charge in [0, 0.05) is 18.6 Å². The molecule has 2 nitrogen and oxygen atoms in total. The molecule has 1 saturated heterocycles. The quantitative estimate of drug-likeness (QED) is 0.881. The van der Waals surface area contributed by atoms with Gasteiger partial charge in [0.15, 0.2) is 0 Å². The third-order valence-electron chi connectivity index (χ3n) is 4.45. The number of benzene rings is 1. The second-order valence-electron chi connectivity index (χ2n) is 5.85. The van der Waals surface area contributed by atoms with Crippen molar-refractivity contribution < 1.29 is 0 Å². The van der Waals surface area contributed by atoms with Gasteiger partial charge in [0.25, 0.3) is 0 Å². The van der Waals surface area contributed by atoms with Crippen molar-refractivity contribution in [2.24, 2.45) is 5.73 Å². The molecule has 1 fully saturated rings. The Hall–Kier alpha value is -0.860. The molecule has 0 radical (unpaired) electrons. The topological polar surface area (TPSA) is 29.3 Å². The number of rotatable bonds is 5. The van der Waals surface area contributed by atoms with E-state index < -0.39 is 0 Å². The molecule has 2 unspecified atom stereocenters. The smallest absolute Gasteiger partial charge is 0.0224 e. The largest absolute Gasteiger partial charge is 0.329 e. The van der Waals surface area contributed by atoms with Crippen molar-refractivity contribution in [1.82, 2.24) is 4.90 Å². The molecule has 0 amide bonds. The van der Waals surface area contributed by atoms with Gasteiger partial charge in [0.1, 0.15) is 0 Å². The van der Waals surface area contributed by atoms with Gasteiger partial charge in [-0.05, 0) is 44.7 Å². The highest BCUT2D eigenvalue weighted by Gasteiger charge is 2.23. The van der Waals surface area contributed by atoms with E-state index in [2.05, 4.69) is 42.2 Å². The van der Waals surface area contributed by atoms with E-state index in [0.717, 1.165) is 13.0 Å². The molecule has 2 N–H and O–H groups in total. The molecule has 1 aliphatic heterocycles. The van der Waals surface area contributed by atoms with Gasteiger partial charge < -0.3 is 5.73 Å². The van der Waals surface area contributed by atoms with Crippen LogP contribution in [-0.4, -0.2) is 30.1 Å². The van der Waals surface area contributed by atoms with Gasteiger partial charge >= 0.3 is 0 Å². The Morgan fingerprint density at radius 3 is 2.74 bits per heavy atom. The molecule has 0 bridgehead atoms. The van der Waals surface area contributed by atoms with Crippen LogP contribution in [0.25, 0.3) is 0 Å². The molecular formula is C17H28N2. The Bertz CT molecular complexity index is 350. The molecule has 1 aliphatic rings. The van der Waals surface area contributed by atoms with Crippen molar-refractivity contribution in [2.45, 2.75) is 57.5 Å². The van der Waals surface area contributed by atoms with Crippen LogP contribution in [-0.2, 0) is 6.42 Å². The lowest BCUT2D eigenvalue weighted by Crippen LogP contribution is -2.45. The maximum Gasteiger partial charge on any atom is 0.0224 e. The molecule has 1 aromatic carbocycles. The van der Waals surface area contributed by atoms with Crippen molar-refractivity contribution in [3.05, 3.63) is 35.9 Å². The molecule has 0 aromatic heterocycles. The standard InChI is InChI=1S/C17H28N2/c1-15-8-4-3-7-13-19(15)17(14-18)12-11-16-9-5-2-6-10-16/h2,5-6,9-10,15,17H,3-4,7-8,11-14,18H2,1H3. The van der Waals surface area contributed by atoms with Crippen molar-refractivity contribution in [3.63, 3.8) is 0 Å². The van der Waals surface area contributed by atoms with Crippen LogP contribution >= 0.6 is 0 Å². The third kappa shape index (κ3) is 4.32. The van der Waals surface area contributed by atoms with E-state index in [9.17, 15) is 0 Å². The van der Waals surface area contributed by atoms with Gasteiger partial charge in [-0.1, -0.05) is 43.2 Å². The van der Waals surface area contributed by atoms with Gasteiger partial charge in [-0.25, -0.2) is 0 Å². The minimum absolute atomic E-state index is 0.549. The van der Waals surface area contributed by atoms with Crippen LogP contribution in [0, 0.1) is 0 Å². The average Bonchev–Trinajstić information content (AvgIpc) is 2.66. The third-order valence-corrected chi connectivity index (χ3v) is 4.45. The fraction of sp³-hybridized carbons (Fsp3) is 0.647. The highest BCUT2D eigenvalue weighted by Crippen LogP contribution is 2.20. The lowest BCUT2D eigenvalue weighted by molar-refractivity contribution is 0.143. The van der Waals surface area contributed by atoms with Crippen LogP contribution in [0.15, 0.2) is 30.3 Å². The highest BCUT2D eigenvalue weighted by atomic mass is 15.2. The number of nitrogens with two attached hydrogens (primary N) is 1. The Labute approximate surface area is 118 Å². The number of nitrogens with zero attached hydrogens (tertiary/aromatic N) is 1. The predicted octanol–water partition coefficient (Wildman–Crippen LogP) is 3.21. The Balaban J connectivity index is 1.91. The maximum absolute atomic E-state index is 6.04. The second-order valence-corrected chi connectivity index (χ2v) is 5.85. The van der Waals surface area contributed by atoms with Crippen molar-refractivity contribution in [1.29, 1.82) is 0 Å². The molecule has 2 heteroatoms. The molecule has 2 rings (SSSR count). The van der Waals surface area contributed by atoms with Gasteiger partial charge in [-0.15, -0.1) is 0 Å². The van der Waals surface area contributed by atoms with E-state index >= 15 is 0 Å². The first-order valence-electron chi connectivity index (χ1n) is 7.81. The summed E-state index contributed by atoms with van der Waals surface area (Å²) in [5.74, 6) is 0. The summed E-state index contributed by atoms with van der Waals surface area (Å²) in [7, 11) is 0. The summed E-state index contributed by atoms with van der Waals surface area (Å²) in [5.41, 5.74) is 7.47. The minimum Gasteiger partial charge on any atom is -0.329 e. The number of aryl methyl sites for hydroxylation is 1. The van der Waals surface area contributed by atoms with Crippen LogP contribution in [0.4, 0.5) is 0 Å². The van der Waals surface area contributed by atoms with Crippen LogP contribution < -0.4 is 5.73 Å². The summed E-state index contributed by atoms with van der Waals surface area (Å²) in [4.78, 5) is 2.66. The molecule has 1 heterocycles. The van der Waals surface area contributed by atoms with Gasteiger partial charge in [0.05, 0.1) is 0 Å². The Morgan fingerprint density at radius 1 is 1.21 bits per heavy atom. The van der Waals surface area contributed by atoms with E-state index in [-0.39, 0.29) is 0 Å². The Morgan fingerprint density at radius 2 is 2.00 bits per heavy atom. The number of hydrogen-bond donors (Lipinski definition) is 1. The number of hydrogen-bond acceptors (Lipinski definition) is 2. The fourth-order valence-corrected chi connectivity index (χ4v) is 3.24. The van der Waals surface area contributed by atoms with Gasteiger partial charge in [0.2, 0.25) is 0 Å². The fourth-order valence-electron chi connectivity index (χ4n) is 3.24. The van der Waals surface area contributed by atoms with Crippen LogP contribution in [0.5, 0.6) is 0 Å². The molecule has 1 aromatic rings. The van der Waals surface area contributed by atoms with Gasteiger partial charge in [-0.3, -0.25) is 4.90 Å². The van der Waals surface area contributed by atoms with E-state index in [1.165, 1.54) is 44.2 Å². The Kier molecular flexibility index (Phi) is 5.87. The zero-order valence-corrected chi connectivity index (χ0v) is 12.2. The SMILES string of the molecule is CC1CCCCCN1C(CN)CCc1ccccc1. The monoisotopic (exact) mass is 260 g/mol. The van der Waals surface area contributed by atoms with E-state index in [1.54, 1.807) is 0 Å². The summed E-state index contributed by atoms with van der Waals surface area (Å²) < 4.78 is 0. The highest BCUT2D eigenvalue weighted by molar-refractivity contribution is 5.14. The molecule has 2 atom stereocenters. The van der Waals surface area contributed by atoms with Crippen LogP contribution in [0.1, 0.15) is 44.6 Å². The maximum atomic E-state index is 6.04. The lowest BCUT2D eigenvalue weighted by atomic mass is 10.0. The predicted molar refractivity (Wildman–Crippen MR) is 82.2 cm³/mol. The van der Waals surface area contributed by atoms with Gasteiger partial charge in [-0.2, -0.15) is 0 Å². The average molecular weight is 260 g/mol. The van der Waals surface area contributed by atoms with Crippen molar-refractivity contribution >= 4 is 0 Å². The molecular weight excluding hydrogens is 232 g/mol. The van der Waals surface area contributed by atoms with Crippen LogP contribution in [0.2, 0.25) is 0 Å². The molecule has 0 aliphatic carbocycles. The van der Waals surface area contributed by atoms with E-state index in [0.29, 0.717) is 12.1 Å². The summed E-state index contributed by atoms with van der Waals surface area (Å²) in [6.07, 6.45) is 7.77.